The van der Waals surface area contributed by atoms with Crippen LogP contribution < -0.4 is 0 Å². The van der Waals surface area contributed by atoms with Gasteiger partial charge in [0.2, 0.25) is 10.0 Å². The first-order valence-corrected chi connectivity index (χ1v) is 13.1. The molecule has 9 heteroatoms. The van der Waals surface area contributed by atoms with Gasteiger partial charge in [-0.2, -0.15) is 4.31 Å². The number of hydrogen-bond donors (Lipinski definition) is 0. The zero-order valence-electron chi connectivity index (χ0n) is 18.1. The Labute approximate surface area is 192 Å². The Morgan fingerprint density at radius 1 is 1.06 bits per heavy atom. The standard InChI is InChI=1S/C23H26N4O3S2/c1-3-26(4-2)32(29,30)21-12-8-9-17(15-21)22-24-25-23(31-20-14-13-19(28)16-20)27(22)18-10-6-5-7-11-18/h5-12,15,20H,3-4,13-14,16H2,1-2H3/t20-/m0/s1. The Bertz CT molecular complexity index is 1200. The number of rotatable bonds is 8. The maximum Gasteiger partial charge on any atom is 0.243 e. The summed E-state index contributed by atoms with van der Waals surface area (Å²) in [5, 5.41) is 9.73. The van der Waals surface area contributed by atoms with Gasteiger partial charge in [-0.25, -0.2) is 8.42 Å². The second-order valence-electron chi connectivity index (χ2n) is 7.62. The molecule has 0 saturated heterocycles. The molecule has 0 unspecified atom stereocenters. The highest BCUT2D eigenvalue weighted by molar-refractivity contribution is 7.99. The number of ketones is 1. The van der Waals surface area contributed by atoms with Crippen molar-refractivity contribution in [2.75, 3.05) is 13.1 Å². The normalized spacial score (nSPS) is 16.7. The van der Waals surface area contributed by atoms with Gasteiger partial charge in [0.05, 0.1) is 4.90 Å². The number of benzene rings is 2. The van der Waals surface area contributed by atoms with Crippen LogP contribution in [0, 0.1) is 0 Å². The third kappa shape index (κ3) is 4.51. The summed E-state index contributed by atoms with van der Waals surface area (Å²) >= 11 is 1.56. The molecule has 1 aliphatic rings. The number of aromatic nitrogens is 3. The Kier molecular flexibility index (Phi) is 6.78. The summed E-state index contributed by atoms with van der Waals surface area (Å²) in [7, 11) is -3.59. The minimum absolute atomic E-state index is 0.177. The molecule has 4 rings (SSSR count). The zero-order valence-corrected chi connectivity index (χ0v) is 19.8. The molecular formula is C23H26N4O3S2. The van der Waals surface area contributed by atoms with Crippen LogP contribution in [0.2, 0.25) is 0 Å². The minimum Gasteiger partial charge on any atom is -0.300 e. The molecule has 1 heterocycles. The van der Waals surface area contributed by atoms with Crippen molar-refractivity contribution < 1.29 is 13.2 Å². The maximum atomic E-state index is 13.0. The van der Waals surface area contributed by atoms with E-state index in [-0.39, 0.29) is 15.9 Å². The molecule has 1 fully saturated rings. The van der Waals surface area contributed by atoms with E-state index in [0.717, 1.165) is 12.1 Å². The zero-order chi connectivity index (χ0) is 22.7. The van der Waals surface area contributed by atoms with Crippen LogP contribution in [0.4, 0.5) is 0 Å². The predicted molar refractivity (Wildman–Crippen MR) is 125 cm³/mol. The van der Waals surface area contributed by atoms with Gasteiger partial charge in [0.1, 0.15) is 5.78 Å². The van der Waals surface area contributed by atoms with Crippen LogP contribution in [-0.4, -0.2) is 51.6 Å². The van der Waals surface area contributed by atoms with E-state index in [0.29, 0.717) is 42.5 Å². The van der Waals surface area contributed by atoms with E-state index in [2.05, 4.69) is 10.2 Å². The highest BCUT2D eigenvalue weighted by Crippen LogP contribution is 2.36. The van der Waals surface area contributed by atoms with E-state index in [9.17, 15) is 13.2 Å². The molecule has 0 amide bonds. The highest BCUT2D eigenvalue weighted by Gasteiger charge is 2.27. The first kappa shape index (κ1) is 22.7. The summed E-state index contributed by atoms with van der Waals surface area (Å²) in [6.45, 7) is 4.47. The molecule has 0 bridgehead atoms. The summed E-state index contributed by atoms with van der Waals surface area (Å²) in [4.78, 5) is 12.0. The minimum atomic E-state index is -3.59. The van der Waals surface area contributed by atoms with E-state index >= 15 is 0 Å². The first-order chi connectivity index (χ1) is 15.4. The fraction of sp³-hybridized carbons (Fsp3) is 0.348. The van der Waals surface area contributed by atoms with Crippen LogP contribution in [0.5, 0.6) is 0 Å². The number of para-hydroxylation sites is 1. The van der Waals surface area contributed by atoms with Crippen molar-refractivity contribution in [1.29, 1.82) is 0 Å². The van der Waals surface area contributed by atoms with Crippen LogP contribution in [0.3, 0.4) is 0 Å². The van der Waals surface area contributed by atoms with E-state index < -0.39 is 10.0 Å². The molecule has 0 spiro atoms. The lowest BCUT2D eigenvalue weighted by molar-refractivity contribution is -0.117. The molecule has 0 N–H and O–H groups in total. The number of hydrogen-bond acceptors (Lipinski definition) is 6. The van der Waals surface area contributed by atoms with Crippen LogP contribution in [0.25, 0.3) is 17.1 Å². The Morgan fingerprint density at radius 3 is 2.47 bits per heavy atom. The molecule has 7 nitrogen and oxygen atoms in total. The van der Waals surface area contributed by atoms with Gasteiger partial charge in [-0.05, 0) is 30.7 Å². The molecule has 32 heavy (non-hydrogen) atoms. The largest absolute Gasteiger partial charge is 0.300 e. The third-order valence-electron chi connectivity index (χ3n) is 5.56. The van der Waals surface area contributed by atoms with Crippen LogP contribution in [0.1, 0.15) is 33.1 Å². The molecule has 1 saturated carbocycles. The van der Waals surface area contributed by atoms with Gasteiger partial charge >= 0.3 is 0 Å². The van der Waals surface area contributed by atoms with Crippen molar-refractivity contribution in [2.45, 2.75) is 48.4 Å². The van der Waals surface area contributed by atoms with Crippen molar-refractivity contribution in [2.24, 2.45) is 0 Å². The molecule has 168 valence electrons. The van der Waals surface area contributed by atoms with Crippen LogP contribution >= 0.6 is 11.8 Å². The number of Topliss-reactive ketones (excluding diaryl/α,β-unsaturated/α-hetero) is 1. The van der Waals surface area contributed by atoms with Gasteiger partial charge in [0.25, 0.3) is 0 Å². The molecule has 1 aromatic heterocycles. The second kappa shape index (κ2) is 9.56. The number of carbonyl (C=O) groups is 1. The molecule has 1 atom stereocenters. The van der Waals surface area contributed by atoms with Gasteiger partial charge in [0.15, 0.2) is 11.0 Å². The second-order valence-corrected chi connectivity index (χ2v) is 10.8. The monoisotopic (exact) mass is 470 g/mol. The van der Waals surface area contributed by atoms with Crippen molar-refractivity contribution in [3.8, 4) is 17.1 Å². The Hall–Kier alpha value is -2.49. The van der Waals surface area contributed by atoms with Crippen molar-refractivity contribution in [1.82, 2.24) is 19.1 Å². The molecular weight excluding hydrogens is 444 g/mol. The van der Waals surface area contributed by atoms with Crippen molar-refractivity contribution in [3.63, 3.8) is 0 Å². The lowest BCUT2D eigenvalue weighted by atomic mass is 10.2. The van der Waals surface area contributed by atoms with Gasteiger partial charge in [0, 0.05) is 42.4 Å². The van der Waals surface area contributed by atoms with Gasteiger partial charge < -0.3 is 0 Å². The van der Waals surface area contributed by atoms with E-state index in [4.69, 9.17) is 0 Å². The Morgan fingerprint density at radius 2 is 1.81 bits per heavy atom. The fourth-order valence-corrected chi connectivity index (χ4v) is 6.57. The summed E-state index contributed by atoms with van der Waals surface area (Å²) in [6.07, 6.45) is 1.98. The quantitative estimate of drug-likeness (QED) is 0.491. The molecule has 2 aromatic carbocycles. The maximum absolute atomic E-state index is 13.0. The molecule has 0 aliphatic heterocycles. The summed E-state index contributed by atoms with van der Waals surface area (Å²) in [5.41, 5.74) is 1.56. The Balaban J connectivity index is 1.78. The summed E-state index contributed by atoms with van der Waals surface area (Å²) < 4.78 is 29.5. The average molecular weight is 471 g/mol. The summed E-state index contributed by atoms with van der Waals surface area (Å²) in [5.74, 6) is 0.849. The van der Waals surface area contributed by atoms with Gasteiger partial charge in [-0.1, -0.05) is 55.9 Å². The highest BCUT2D eigenvalue weighted by atomic mass is 32.2. The van der Waals surface area contributed by atoms with Crippen molar-refractivity contribution >= 4 is 27.6 Å². The van der Waals surface area contributed by atoms with Gasteiger partial charge in [-0.3, -0.25) is 9.36 Å². The number of carbonyl (C=O) groups excluding carboxylic acids is 1. The number of sulfonamides is 1. The third-order valence-corrected chi connectivity index (χ3v) is 8.81. The van der Waals surface area contributed by atoms with Crippen molar-refractivity contribution in [3.05, 3.63) is 54.6 Å². The van der Waals surface area contributed by atoms with E-state index in [1.807, 2.05) is 54.8 Å². The molecule has 1 aliphatic carbocycles. The number of nitrogens with zero attached hydrogens (tertiary/aromatic N) is 4. The smallest absolute Gasteiger partial charge is 0.243 e. The van der Waals surface area contributed by atoms with E-state index in [1.165, 1.54) is 4.31 Å². The average Bonchev–Trinajstić information content (AvgIpc) is 3.41. The number of thioether (sulfide) groups is 1. The first-order valence-electron chi connectivity index (χ1n) is 10.7. The van der Waals surface area contributed by atoms with E-state index in [1.54, 1.807) is 30.0 Å². The lowest BCUT2D eigenvalue weighted by Gasteiger charge is -2.19. The summed E-state index contributed by atoms with van der Waals surface area (Å²) in [6, 6.07) is 16.6. The van der Waals surface area contributed by atoms with Gasteiger partial charge in [-0.15, -0.1) is 10.2 Å². The SMILES string of the molecule is CCN(CC)S(=O)(=O)c1cccc(-c2nnc(S[C@H]3CCC(=O)C3)n2-c2ccccc2)c1. The lowest BCUT2D eigenvalue weighted by Crippen LogP contribution is -2.30. The van der Waals surface area contributed by atoms with Crippen LogP contribution in [0.15, 0.2) is 64.6 Å². The topological polar surface area (TPSA) is 85.2 Å². The fourth-order valence-electron chi connectivity index (χ4n) is 3.88. The molecule has 3 aromatic rings. The molecule has 0 radical (unpaired) electrons. The van der Waals surface area contributed by atoms with Crippen LogP contribution in [-0.2, 0) is 14.8 Å². The predicted octanol–water partition coefficient (Wildman–Crippen LogP) is 4.18.